The van der Waals surface area contributed by atoms with Gasteiger partial charge in [-0.05, 0) is 30.3 Å². The third-order valence-corrected chi connectivity index (χ3v) is 4.58. The lowest BCUT2D eigenvalue weighted by molar-refractivity contribution is -0.137. The molecule has 2 aromatic carbocycles. The highest BCUT2D eigenvalue weighted by molar-refractivity contribution is 6.02. The van der Waals surface area contributed by atoms with Gasteiger partial charge < -0.3 is 10.1 Å². The fourth-order valence-corrected chi connectivity index (χ4v) is 2.97. The Morgan fingerprint density at radius 3 is 2.67 bits per heavy atom. The molecule has 0 fully saturated rings. The van der Waals surface area contributed by atoms with Crippen LogP contribution in [0.5, 0.6) is 5.75 Å². The molecule has 0 saturated carbocycles. The van der Waals surface area contributed by atoms with E-state index in [4.69, 9.17) is 4.74 Å². The second kappa shape index (κ2) is 9.15. The molecule has 33 heavy (non-hydrogen) atoms. The molecule has 0 saturated heterocycles. The summed E-state index contributed by atoms with van der Waals surface area (Å²) in [6.07, 6.45) is -0.0336. The lowest BCUT2D eigenvalue weighted by atomic mass is 10.2. The SMILES string of the molecule is O=C(Nc1cnn(Cc2ccccc2F)c1)c1ccn(COc2cccc(C(F)(F)F)c2)n1. The number of rotatable bonds is 7. The average Bonchev–Trinajstić information content (AvgIpc) is 3.43. The van der Waals surface area contributed by atoms with Crippen molar-refractivity contribution < 1.29 is 27.1 Å². The minimum Gasteiger partial charge on any atom is -0.471 e. The number of ether oxygens (including phenoxy) is 1. The van der Waals surface area contributed by atoms with E-state index in [0.29, 0.717) is 11.3 Å². The molecule has 4 aromatic rings. The van der Waals surface area contributed by atoms with Gasteiger partial charge in [-0.1, -0.05) is 24.3 Å². The third-order valence-electron chi connectivity index (χ3n) is 4.58. The zero-order chi connectivity index (χ0) is 23.4. The van der Waals surface area contributed by atoms with Crippen LogP contribution in [0.25, 0.3) is 0 Å². The third kappa shape index (κ3) is 5.56. The van der Waals surface area contributed by atoms with Crippen molar-refractivity contribution in [2.45, 2.75) is 19.5 Å². The Morgan fingerprint density at radius 1 is 1.06 bits per heavy atom. The highest BCUT2D eigenvalue weighted by Gasteiger charge is 2.30. The predicted molar refractivity (Wildman–Crippen MR) is 110 cm³/mol. The van der Waals surface area contributed by atoms with Crippen LogP contribution in [0.4, 0.5) is 23.2 Å². The molecule has 0 aliphatic heterocycles. The fraction of sp³-hybridized carbons (Fsp3) is 0.136. The molecule has 0 spiro atoms. The summed E-state index contributed by atoms with van der Waals surface area (Å²) in [6, 6.07) is 12.2. The Morgan fingerprint density at radius 2 is 1.88 bits per heavy atom. The van der Waals surface area contributed by atoms with Crippen molar-refractivity contribution in [2.75, 3.05) is 5.32 Å². The van der Waals surface area contributed by atoms with Crippen LogP contribution in [0, 0.1) is 5.82 Å². The smallest absolute Gasteiger partial charge is 0.416 e. The standard InChI is InChI=1S/C22H17F4N5O2/c23-19-7-2-1-4-15(19)12-31-13-17(11-27-31)28-21(32)20-8-9-30(29-20)14-33-18-6-3-5-16(10-18)22(24,25)26/h1-11,13H,12,14H2,(H,28,32). The fourth-order valence-electron chi connectivity index (χ4n) is 2.97. The molecule has 170 valence electrons. The number of benzene rings is 2. The summed E-state index contributed by atoms with van der Waals surface area (Å²) in [7, 11) is 0. The van der Waals surface area contributed by atoms with Crippen molar-refractivity contribution in [3.8, 4) is 5.75 Å². The first kappa shape index (κ1) is 22.1. The van der Waals surface area contributed by atoms with Gasteiger partial charge in [-0.15, -0.1) is 0 Å². The largest absolute Gasteiger partial charge is 0.471 e. The molecule has 1 amide bonds. The summed E-state index contributed by atoms with van der Waals surface area (Å²) in [5.74, 6) is -0.844. The van der Waals surface area contributed by atoms with Crippen molar-refractivity contribution in [1.29, 1.82) is 0 Å². The number of nitrogens with one attached hydrogen (secondary N) is 1. The van der Waals surface area contributed by atoms with Crippen LogP contribution in [-0.4, -0.2) is 25.5 Å². The van der Waals surface area contributed by atoms with Crippen LogP contribution in [0.1, 0.15) is 21.6 Å². The van der Waals surface area contributed by atoms with Crippen molar-refractivity contribution in [1.82, 2.24) is 19.6 Å². The Hall–Kier alpha value is -4.15. The Labute approximate surface area is 185 Å². The van der Waals surface area contributed by atoms with Crippen LogP contribution in [0.3, 0.4) is 0 Å². The maximum Gasteiger partial charge on any atom is 0.416 e. The van der Waals surface area contributed by atoms with Gasteiger partial charge in [-0.2, -0.15) is 23.4 Å². The van der Waals surface area contributed by atoms with Crippen LogP contribution < -0.4 is 10.1 Å². The van der Waals surface area contributed by atoms with Crippen LogP contribution >= 0.6 is 0 Å². The van der Waals surface area contributed by atoms with Gasteiger partial charge in [0.15, 0.2) is 12.4 Å². The predicted octanol–water partition coefficient (Wildman–Crippen LogP) is 4.57. The highest BCUT2D eigenvalue weighted by Crippen LogP contribution is 2.31. The zero-order valence-corrected chi connectivity index (χ0v) is 17.0. The van der Waals surface area contributed by atoms with E-state index in [9.17, 15) is 22.4 Å². The van der Waals surface area contributed by atoms with Crippen molar-refractivity contribution in [3.63, 3.8) is 0 Å². The first-order valence-corrected chi connectivity index (χ1v) is 9.69. The van der Waals surface area contributed by atoms with Gasteiger partial charge in [-0.25, -0.2) is 9.07 Å². The molecule has 0 radical (unpaired) electrons. The van der Waals surface area contributed by atoms with E-state index in [0.717, 1.165) is 12.1 Å². The number of hydrogen-bond donors (Lipinski definition) is 1. The molecule has 0 bridgehead atoms. The van der Waals surface area contributed by atoms with Crippen LogP contribution in [0.15, 0.2) is 73.2 Å². The summed E-state index contributed by atoms with van der Waals surface area (Å²) >= 11 is 0. The molecule has 2 aromatic heterocycles. The lowest BCUT2D eigenvalue weighted by Gasteiger charge is -2.10. The number of nitrogens with zero attached hydrogens (tertiary/aromatic N) is 4. The maximum atomic E-state index is 13.8. The Bertz CT molecular complexity index is 1270. The minimum atomic E-state index is -4.47. The lowest BCUT2D eigenvalue weighted by Crippen LogP contribution is -2.14. The first-order valence-electron chi connectivity index (χ1n) is 9.69. The van der Waals surface area contributed by atoms with E-state index in [1.807, 2.05) is 0 Å². The van der Waals surface area contributed by atoms with Crippen molar-refractivity contribution in [2.24, 2.45) is 0 Å². The van der Waals surface area contributed by atoms with E-state index < -0.39 is 17.6 Å². The quantitative estimate of drug-likeness (QED) is 0.411. The molecule has 2 heterocycles. The molecule has 0 aliphatic rings. The van der Waals surface area contributed by atoms with Crippen LogP contribution in [0.2, 0.25) is 0 Å². The molecule has 0 unspecified atom stereocenters. The van der Waals surface area contributed by atoms with Crippen molar-refractivity contribution in [3.05, 3.63) is 95.8 Å². The summed E-state index contributed by atoms with van der Waals surface area (Å²) in [6.45, 7) is 0.0131. The highest BCUT2D eigenvalue weighted by atomic mass is 19.4. The number of hydrogen-bond acceptors (Lipinski definition) is 4. The van der Waals surface area contributed by atoms with E-state index in [1.54, 1.807) is 24.4 Å². The summed E-state index contributed by atoms with van der Waals surface area (Å²) in [4.78, 5) is 12.4. The molecule has 0 atom stereocenters. The summed E-state index contributed by atoms with van der Waals surface area (Å²) in [5.41, 5.74) is 0.102. The van der Waals surface area contributed by atoms with Crippen LogP contribution in [-0.2, 0) is 19.5 Å². The summed E-state index contributed by atoms with van der Waals surface area (Å²) < 4.78 is 60.2. The second-order valence-electron chi connectivity index (χ2n) is 7.01. The number of halogens is 4. The molecule has 7 nitrogen and oxygen atoms in total. The van der Waals surface area contributed by atoms with Gasteiger partial charge in [0, 0.05) is 18.0 Å². The Balaban J connectivity index is 1.34. The first-order chi connectivity index (χ1) is 15.8. The molecular formula is C22H17F4N5O2. The van der Waals surface area contributed by atoms with Gasteiger partial charge in [0.25, 0.3) is 5.91 Å². The van der Waals surface area contributed by atoms with Gasteiger partial charge in [0.05, 0.1) is 24.0 Å². The molecule has 11 heteroatoms. The van der Waals surface area contributed by atoms with Gasteiger partial charge in [0.1, 0.15) is 11.6 Å². The number of amides is 1. The van der Waals surface area contributed by atoms with E-state index in [1.165, 1.54) is 46.0 Å². The second-order valence-corrected chi connectivity index (χ2v) is 7.01. The number of anilines is 1. The summed E-state index contributed by atoms with van der Waals surface area (Å²) in [5, 5.41) is 10.8. The number of alkyl halides is 3. The zero-order valence-electron chi connectivity index (χ0n) is 17.0. The van der Waals surface area contributed by atoms with E-state index in [-0.39, 0.29) is 30.5 Å². The van der Waals surface area contributed by atoms with Gasteiger partial charge in [-0.3, -0.25) is 9.48 Å². The number of carbonyl (C=O) groups excluding carboxylic acids is 1. The number of carbonyl (C=O) groups is 1. The molecule has 0 aliphatic carbocycles. The molecule has 1 N–H and O–H groups in total. The minimum absolute atomic E-state index is 0.0218. The maximum absolute atomic E-state index is 13.8. The van der Waals surface area contributed by atoms with Gasteiger partial charge >= 0.3 is 6.18 Å². The monoisotopic (exact) mass is 459 g/mol. The molecule has 4 rings (SSSR count). The van der Waals surface area contributed by atoms with Gasteiger partial charge in [0.2, 0.25) is 0 Å². The van der Waals surface area contributed by atoms with E-state index in [2.05, 4.69) is 15.5 Å². The average molecular weight is 459 g/mol. The van der Waals surface area contributed by atoms with E-state index >= 15 is 0 Å². The topological polar surface area (TPSA) is 74.0 Å². The number of aromatic nitrogens is 4. The Kier molecular flexibility index (Phi) is 6.11. The normalized spacial score (nSPS) is 11.4. The molecular weight excluding hydrogens is 442 g/mol. The van der Waals surface area contributed by atoms with Crippen molar-refractivity contribution >= 4 is 11.6 Å².